The molecule has 0 bridgehead atoms. The molecule has 0 heterocycles. The van der Waals surface area contributed by atoms with Gasteiger partial charge in [-0.3, -0.25) is 4.79 Å². The topological polar surface area (TPSA) is 63.6 Å². The molecule has 0 aliphatic heterocycles. The van der Waals surface area contributed by atoms with Gasteiger partial charge in [0.05, 0.1) is 7.11 Å². The molecular formula is C16H16O4. The first-order valence-electron chi connectivity index (χ1n) is 6.27. The summed E-state index contributed by atoms with van der Waals surface area (Å²) in [6, 6.07) is 12.7. The van der Waals surface area contributed by atoms with E-state index in [0.29, 0.717) is 5.56 Å². The van der Waals surface area contributed by atoms with Crippen LogP contribution in [0.3, 0.4) is 0 Å². The molecule has 0 fully saturated rings. The number of benzene rings is 2. The Morgan fingerprint density at radius 3 is 2.40 bits per heavy atom. The van der Waals surface area contributed by atoms with E-state index < -0.39 is 11.6 Å². The van der Waals surface area contributed by atoms with Gasteiger partial charge in [-0.25, -0.2) is 4.79 Å². The lowest BCUT2D eigenvalue weighted by Crippen LogP contribution is -2.38. The van der Waals surface area contributed by atoms with Crippen LogP contribution in [0.25, 0.3) is 10.8 Å². The van der Waals surface area contributed by atoms with Crippen molar-refractivity contribution < 1.29 is 19.4 Å². The van der Waals surface area contributed by atoms with Gasteiger partial charge in [-0.15, -0.1) is 0 Å². The summed E-state index contributed by atoms with van der Waals surface area (Å²) in [5, 5.41) is 12.5. The Hall–Kier alpha value is -2.20. The fourth-order valence-corrected chi connectivity index (χ4v) is 2.27. The van der Waals surface area contributed by atoms with Crippen molar-refractivity contribution in [2.75, 3.05) is 7.11 Å². The van der Waals surface area contributed by atoms with Crippen LogP contribution >= 0.6 is 0 Å². The predicted molar refractivity (Wildman–Crippen MR) is 75.2 cm³/mol. The number of hydrogen-bond donors (Lipinski definition) is 1. The Bertz CT molecular complexity index is 662. The molecular weight excluding hydrogens is 256 g/mol. The number of rotatable bonds is 4. The minimum atomic E-state index is -1.94. The Kier molecular flexibility index (Phi) is 3.86. The highest BCUT2D eigenvalue weighted by atomic mass is 16.5. The van der Waals surface area contributed by atoms with Gasteiger partial charge in [0.2, 0.25) is 0 Å². The van der Waals surface area contributed by atoms with Crippen molar-refractivity contribution in [2.24, 2.45) is 0 Å². The normalized spacial score (nSPS) is 13.8. The van der Waals surface area contributed by atoms with Crippen molar-refractivity contribution in [1.82, 2.24) is 0 Å². The van der Waals surface area contributed by atoms with Gasteiger partial charge in [0.25, 0.3) is 0 Å². The van der Waals surface area contributed by atoms with Gasteiger partial charge in [-0.1, -0.05) is 36.4 Å². The van der Waals surface area contributed by atoms with E-state index in [1.807, 2.05) is 24.3 Å². The minimum Gasteiger partial charge on any atom is -0.467 e. The van der Waals surface area contributed by atoms with Crippen LogP contribution in [0.5, 0.6) is 0 Å². The zero-order chi connectivity index (χ0) is 14.8. The monoisotopic (exact) mass is 272 g/mol. The highest BCUT2D eigenvalue weighted by Crippen LogP contribution is 2.29. The number of ether oxygens (including phenoxy) is 1. The third-order valence-electron chi connectivity index (χ3n) is 3.25. The maximum Gasteiger partial charge on any atom is 0.343 e. The fraction of sp³-hybridized carbons (Fsp3) is 0.250. The third-order valence-corrected chi connectivity index (χ3v) is 3.25. The second kappa shape index (κ2) is 5.43. The van der Waals surface area contributed by atoms with E-state index in [4.69, 9.17) is 0 Å². The molecule has 0 unspecified atom stereocenters. The number of Topliss-reactive ketones (excluding diaryl/α,β-unsaturated/α-hetero) is 1. The van der Waals surface area contributed by atoms with Crippen LogP contribution in [-0.2, 0) is 19.9 Å². The first-order chi connectivity index (χ1) is 9.47. The predicted octanol–water partition coefficient (Wildman–Crippen LogP) is 2.18. The SMILES string of the molecule is COC(=O)[C@](O)(CC(C)=O)c1ccc2ccccc2c1. The Labute approximate surface area is 117 Å². The van der Waals surface area contributed by atoms with Crippen LogP contribution in [0.2, 0.25) is 0 Å². The van der Waals surface area contributed by atoms with Crippen molar-refractivity contribution in [1.29, 1.82) is 0 Å². The van der Waals surface area contributed by atoms with Gasteiger partial charge >= 0.3 is 5.97 Å². The molecule has 0 radical (unpaired) electrons. The lowest BCUT2D eigenvalue weighted by atomic mass is 9.87. The molecule has 20 heavy (non-hydrogen) atoms. The van der Waals surface area contributed by atoms with E-state index in [1.165, 1.54) is 14.0 Å². The van der Waals surface area contributed by atoms with Crippen molar-refractivity contribution in [3.63, 3.8) is 0 Å². The van der Waals surface area contributed by atoms with Crippen LogP contribution in [0, 0.1) is 0 Å². The van der Waals surface area contributed by atoms with Crippen LogP contribution in [0.15, 0.2) is 42.5 Å². The molecule has 0 aliphatic carbocycles. The quantitative estimate of drug-likeness (QED) is 0.866. The molecule has 4 heteroatoms. The molecule has 1 atom stereocenters. The maximum absolute atomic E-state index is 11.9. The average Bonchev–Trinajstić information content (AvgIpc) is 2.45. The zero-order valence-electron chi connectivity index (χ0n) is 11.4. The lowest BCUT2D eigenvalue weighted by Gasteiger charge is -2.25. The molecule has 1 N–H and O–H groups in total. The zero-order valence-corrected chi connectivity index (χ0v) is 11.4. The highest BCUT2D eigenvalue weighted by molar-refractivity contribution is 5.91. The fourth-order valence-electron chi connectivity index (χ4n) is 2.27. The highest BCUT2D eigenvalue weighted by Gasteiger charge is 2.40. The number of ketones is 1. The van der Waals surface area contributed by atoms with Gasteiger partial charge in [0.15, 0.2) is 5.60 Å². The summed E-state index contributed by atoms with van der Waals surface area (Å²) in [5.74, 6) is -1.12. The largest absolute Gasteiger partial charge is 0.467 e. The first-order valence-corrected chi connectivity index (χ1v) is 6.27. The van der Waals surface area contributed by atoms with Gasteiger partial charge in [-0.2, -0.15) is 0 Å². The number of aliphatic hydroxyl groups is 1. The van der Waals surface area contributed by atoms with Gasteiger partial charge in [-0.05, 0) is 29.3 Å². The van der Waals surface area contributed by atoms with Crippen molar-refractivity contribution in [3.8, 4) is 0 Å². The molecule has 0 aliphatic rings. The number of carbonyl (C=O) groups is 2. The smallest absolute Gasteiger partial charge is 0.343 e. The summed E-state index contributed by atoms with van der Waals surface area (Å²) < 4.78 is 4.64. The van der Waals surface area contributed by atoms with Crippen molar-refractivity contribution in [3.05, 3.63) is 48.0 Å². The minimum absolute atomic E-state index is 0.286. The second-order valence-electron chi connectivity index (χ2n) is 4.79. The summed E-state index contributed by atoms with van der Waals surface area (Å²) in [5.41, 5.74) is -1.58. The van der Waals surface area contributed by atoms with Gasteiger partial charge < -0.3 is 9.84 Å². The van der Waals surface area contributed by atoms with Crippen LogP contribution in [-0.4, -0.2) is 24.0 Å². The standard InChI is InChI=1S/C16H16O4/c1-11(17)10-16(19,15(18)20-2)14-8-7-12-5-3-4-6-13(12)9-14/h3-9,19H,10H2,1-2H3/t16-/m0/s1. The summed E-state index contributed by atoms with van der Waals surface area (Å²) in [4.78, 5) is 23.2. The lowest BCUT2D eigenvalue weighted by molar-refractivity contribution is -0.166. The third kappa shape index (κ3) is 2.56. The van der Waals surface area contributed by atoms with E-state index in [9.17, 15) is 14.7 Å². The Balaban J connectivity index is 2.56. The second-order valence-corrected chi connectivity index (χ2v) is 4.79. The number of esters is 1. The van der Waals surface area contributed by atoms with E-state index in [2.05, 4.69) is 4.74 Å². The molecule has 2 aromatic rings. The molecule has 4 nitrogen and oxygen atoms in total. The number of methoxy groups -OCH3 is 1. The molecule has 104 valence electrons. The van der Waals surface area contributed by atoms with Crippen molar-refractivity contribution >= 4 is 22.5 Å². The van der Waals surface area contributed by atoms with Gasteiger partial charge in [0, 0.05) is 6.42 Å². The van der Waals surface area contributed by atoms with Crippen LogP contribution in [0.1, 0.15) is 18.9 Å². The van der Waals surface area contributed by atoms with Crippen LogP contribution < -0.4 is 0 Å². The average molecular weight is 272 g/mol. The first kappa shape index (κ1) is 14.2. The van der Waals surface area contributed by atoms with E-state index >= 15 is 0 Å². The molecule has 2 aromatic carbocycles. The van der Waals surface area contributed by atoms with E-state index in [-0.39, 0.29) is 12.2 Å². The van der Waals surface area contributed by atoms with E-state index in [1.54, 1.807) is 18.2 Å². The summed E-state index contributed by atoms with van der Waals surface area (Å²) >= 11 is 0. The van der Waals surface area contributed by atoms with E-state index in [0.717, 1.165) is 10.8 Å². The number of fused-ring (bicyclic) bond motifs is 1. The Morgan fingerprint density at radius 2 is 1.80 bits per heavy atom. The summed E-state index contributed by atoms with van der Waals surface area (Å²) in [7, 11) is 1.19. The maximum atomic E-state index is 11.9. The van der Waals surface area contributed by atoms with Crippen LogP contribution in [0.4, 0.5) is 0 Å². The molecule has 0 aromatic heterocycles. The Morgan fingerprint density at radius 1 is 1.15 bits per heavy atom. The molecule has 2 rings (SSSR count). The van der Waals surface area contributed by atoms with Gasteiger partial charge in [0.1, 0.15) is 5.78 Å². The molecule has 0 saturated carbocycles. The summed E-state index contributed by atoms with van der Waals surface area (Å²) in [6.07, 6.45) is -0.308. The molecule has 0 amide bonds. The summed E-state index contributed by atoms with van der Waals surface area (Å²) in [6.45, 7) is 1.33. The molecule has 0 saturated heterocycles. The number of carbonyl (C=O) groups excluding carboxylic acids is 2. The number of hydrogen-bond acceptors (Lipinski definition) is 4. The van der Waals surface area contributed by atoms with Crippen molar-refractivity contribution in [2.45, 2.75) is 18.9 Å². The molecule has 0 spiro atoms.